The molecule has 1 aromatic carbocycles. The van der Waals surface area contributed by atoms with Crippen molar-refractivity contribution in [3.05, 3.63) is 38.3 Å². The minimum Gasteiger partial charge on any atom is -0.481 e. The molecule has 0 bridgehead atoms. The van der Waals surface area contributed by atoms with E-state index in [0.29, 0.717) is 107 Å². The summed E-state index contributed by atoms with van der Waals surface area (Å²) in [6.45, 7) is 11.0. The Hall–Kier alpha value is -4.42. The average Bonchev–Trinajstić information content (AvgIpc) is 3.90. The van der Waals surface area contributed by atoms with Gasteiger partial charge in [-0.3, -0.25) is 24.5 Å². The molecular formula is C45H66N6O13. The molecule has 1 heterocycles. The second kappa shape index (κ2) is 23.2. The number of azide groups is 1. The molecule has 4 saturated carbocycles. The first-order valence-corrected chi connectivity index (χ1v) is 23.1. The van der Waals surface area contributed by atoms with Gasteiger partial charge in [0.05, 0.1) is 70.1 Å². The fraction of sp³-hybridized carbons (Fsp3) is 0.800. The van der Waals surface area contributed by atoms with Gasteiger partial charge in [0.2, 0.25) is 5.52 Å². The van der Waals surface area contributed by atoms with Crippen LogP contribution in [0, 0.1) is 62.4 Å². The zero-order valence-electron chi connectivity index (χ0n) is 37.6. The first-order chi connectivity index (χ1) is 30.9. The number of carbonyl (C=O) groups is 3. The van der Waals surface area contributed by atoms with Crippen LogP contribution in [-0.4, -0.2) is 110 Å². The van der Waals surface area contributed by atoms with Gasteiger partial charge in [0, 0.05) is 23.9 Å². The van der Waals surface area contributed by atoms with Crippen LogP contribution in [0.15, 0.2) is 21.9 Å². The Morgan fingerprint density at radius 2 is 1.56 bits per heavy atom. The molecule has 0 aliphatic heterocycles. The maximum atomic E-state index is 13.7. The Morgan fingerprint density at radius 1 is 0.906 bits per heavy atom. The predicted molar refractivity (Wildman–Crippen MR) is 230 cm³/mol. The van der Waals surface area contributed by atoms with Crippen LogP contribution in [0.5, 0.6) is 0 Å². The van der Waals surface area contributed by atoms with E-state index in [1.807, 2.05) is 0 Å². The zero-order chi connectivity index (χ0) is 45.7. The monoisotopic (exact) mass is 898 g/mol. The quantitative estimate of drug-likeness (QED) is 0.0181. The molecule has 19 nitrogen and oxygen atoms in total. The van der Waals surface area contributed by atoms with Gasteiger partial charge < -0.3 is 33.5 Å². The topological polar surface area (TPSA) is 258 Å². The number of fused-ring (bicyclic) bond motifs is 6. The van der Waals surface area contributed by atoms with Gasteiger partial charge in [-0.15, -0.1) is 0 Å². The Labute approximate surface area is 373 Å². The molecular weight excluding hydrogens is 833 g/mol. The van der Waals surface area contributed by atoms with Crippen molar-refractivity contribution < 1.29 is 57.5 Å². The highest BCUT2D eigenvalue weighted by Crippen LogP contribution is 2.68. The fourth-order valence-electron chi connectivity index (χ4n) is 12.2. The lowest BCUT2D eigenvalue weighted by Crippen LogP contribution is -2.54. The SMILES string of the molecule is C[C@H](CCC(=O)OCCOCCOCCOCCOCCN=[N+]=[N-])C1CC[C@H]2[C@@H]3CC[C@@H]4C[C@H](OC(=O)[C@H](CC(=O)O)Cc5ccc([N+](=O)[O-])c6nonc56)CC[C@]4(C)[C@H]3CC[C@]12C. The van der Waals surface area contributed by atoms with E-state index in [1.165, 1.54) is 37.8 Å². The molecule has 0 radical (unpaired) electrons. The largest absolute Gasteiger partial charge is 0.481 e. The van der Waals surface area contributed by atoms with Gasteiger partial charge in [0.1, 0.15) is 18.2 Å². The summed E-state index contributed by atoms with van der Waals surface area (Å²) in [6, 6.07) is 2.74. The summed E-state index contributed by atoms with van der Waals surface area (Å²) in [7, 11) is 0. The molecule has 354 valence electrons. The van der Waals surface area contributed by atoms with Gasteiger partial charge in [-0.2, -0.15) is 0 Å². The minimum absolute atomic E-state index is 0.0240. The van der Waals surface area contributed by atoms with Gasteiger partial charge in [0.25, 0.3) is 0 Å². The van der Waals surface area contributed by atoms with Crippen LogP contribution < -0.4 is 0 Å². The van der Waals surface area contributed by atoms with Gasteiger partial charge in [-0.1, -0.05) is 25.9 Å². The van der Waals surface area contributed by atoms with Crippen LogP contribution in [0.4, 0.5) is 5.69 Å². The number of ether oxygens (including phenoxy) is 6. The lowest BCUT2D eigenvalue weighted by Gasteiger charge is -2.61. The number of nitro benzene ring substituents is 1. The molecule has 10 atom stereocenters. The van der Waals surface area contributed by atoms with Crippen molar-refractivity contribution >= 4 is 34.6 Å². The number of esters is 2. The molecule has 4 fully saturated rings. The number of nitro groups is 1. The molecule has 1 unspecified atom stereocenters. The van der Waals surface area contributed by atoms with Crippen molar-refractivity contribution in [2.24, 2.45) is 57.4 Å². The molecule has 64 heavy (non-hydrogen) atoms. The number of aliphatic carboxylic acids is 1. The Kier molecular flexibility index (Phi) is 17.7. The van der Waals surface area contributed by atoms with Crippen molar-refractivity contribution in [3.8, 4) is 0 Å². The molecule has 4 aliphatic carbocycles. The predicted octanol–water partition coefficient (Wildman–Crippen LogP) is 7.67. The number of hydrogen-bond acceptors (Lipinski definition) is 15. The van der Waals surface area contributed by atoms with Gasteiger partial charge in [0.15, 0.2) is 0 Å². The van der Waals surface area contributed by atoms with Crippen LogP contribution in [-0.2, 0) is 49.2 Å². The van der Waals surface area contributed by atoms with Crippen molar-refractivity contribution in [1.29, 1.82) is 0 Å². The Balaban J connectivity index is 0.896. The van der Waals surface area contributed by atoms with Crippen LogP contribution in [0.2, 0.25) is 0 Å². The zero-order valence-corrected chi connectivity index (χ0v) is 37.6. The van der Waals surface area contributed by atoms with Crippen molar-refractivity contribution in [1.82, 2.24) is 10.3 Å². The van der Waals surface area contributed by atoms with E-state index >= 15 is 0 Å². The highest BCUT2D eigenvalue weighted by molar-refractivity contribution is 5.87. The highest BCUT2D eigenvalue weighted by Gasteiger charge is 2.61. The van der Waals surface area contributed by atoms with Crippen molar-refractivity contribution in [3.63, 3.8) is 0 Å². The summed E-state index contributed by atoms with van der Waals surface area (Å²) >= 11 is 0. The summed E-state index contributed by atoms with van der Waals surface area (Å²) in [5.41, 5.74) is 8.84. The summed E-state index contributed by atoms with van der Waals surface area (Å²) in [4.78, 5) is 51.8. The van der Waals surface area contributed by atoms with Crippen LogP contribution >= 0.6 is 0 Å². The molecule has 1 N–H and O–H groups in total. The van der Waals surface area contributed by atoms with E-state index in [9.17, 15) is 29.6 Å². The lowest BCUT2D eigenvalue weighted by atomic mass is 9.44. The number of aromatic nitrogens is 2. The number of nitrogens with zero attached hydrogens (tertiary/aromatic N) is 6. The average molecular weight is 899 g/mol. The first-order valence-electron chi connectivity index (χ1n) is 23.1. The number of carboxylic acid groups (broad SMARTS) is 1. The molecule has 0 amide bonds. The molecule has 4 aliphatic rings. The molecule has 19 heteroatoms. The third-order valence-electron chi connectivity index (χ3n) is 15.4. The van der Waals surface area contributed by atoms with Crippen molar-refractivity contribution in [2.75, 3.05) is 66.0 Å². The number of hydrogen-bond donors (Lipinski definition) is 1. The third kappa shape index (κ3) is 12.1. The second-order valence-corrected chi connectivity index (χ2v) is 18.8. The minimum atomic E-state index is -1.14. The summed E-state index contributed by atoms with van der Waals surface area (Å²) < 4.78 is 38.1. The van der Waals surface area contributed by atoms with Gasteiger partial charge >= 0.3 is 23.6 Å². The summed E-state index contributed by atoms with van der Waals surface area (Å²) in [6.07, 6.45) is 9.88. The molecule has 0 saturated heterocycles. The fourth-order valence-corrected chi connectivity index (χ4v) is 12.2. The summed E-state index contributed by atoms with van der Waals surface area (Å²) in [5, 5.41) is 32.1. The summed E-state index contributed by atoms with van der Waals surface area (Å²) in [5.74, 6) is 0.382. The standard InChI is InChI=1S/C45H66N6O13/c1-29(4-11-40(54)62-25-24-61-23-22-60-21-20-59-19-18-58-17-16-47-50-46)35-8-9-36-34-7-6-32-28-33(12-14-44(32,2)37(34)13-15-45(35,36)3)63-43(55)31(27-39(52)53)26-30-5-10-38(51(56)57)42-41(30)48-64-49-42/h5,10,29,31-37H,4,6-9,11-28H2,1-3H3,(H,52,53)/t29-,31+,32-,33-,34+,35?,36+,37+,44+,45-/m1/s1. The smallest absolute Gasteiger partial charge is 0.310 e. The van der Waals surface area contributed by atoms with Crippen LogP contribution in [0.25, 0.3) is 21.5 Å². The number of carbonyl (C=O) groups excluding carboxylic acids is 2. The molecule has 0 spiro atoms. The normalized spacial score (nSPS) is 28.2. The molecule has 2 aromatic rings. The van der Waals surface area contributed by atoms with E-state index in [4.69, 9.17) is 38.6 Å². The van der Waals surface area contributed by atoms with E-state index < -0.39 is 29.2 Å². The highest BCUT2D eigenvalue weighted by atomic mass is 16.6. The number of non-ortho nitro benzene ring substituents is 1. The number of carboxylic acids is 1. The van der Waals surface area contributed by atoms with Crippen LogP contribution in [0.1, 0.15) is 103 Å². The second-order valence-electron chi connectivity index (χ2n) is 18.8. The van der Waals surface area contributed by atoms with E-state index in [0.717, 1.165) is 38.5 Å². The maximum absolute atomic E-state index is 13.7. The maximum Gasteiger partial charge on any atom is 0.310 e. The lowest BCUT2D eigenvalue weighted by molar-refractivity contribution is -0.383. The Bertz CT molecular complexity index is 1940. The number of benzene rings is 1. The third-order valence-corrected chi connectivity index (χ3v) is 15.4. The van der Waals surface area contributed by atoms with Crippen LogP contribution in [0.3, 0.4) is 0 Å². The van der Waals surface area contributed by atoms with E-state index in [-0.39, 0.29) is 52.7 Å². The first kappa shape index (κ1) is 49.0. The van der Waals surface area contributed by atoms with E-state index in [2.05, 4.69) is 41.1 Å². The molecule has 6 rings (SSSR count). The molecule has 1 aromatic heterocycles. The Morgan fingerprint density at radius 3 is 2.25 bits per heavy atom. The van der Waals surface area contributed by atoms with Crippen molar-refractivity contribution in [2.45, 2.75) is 110 Å². The van der Waals surface area contributed by atoms with E-state index in [1.54, 1.807) is 0 Å². The number of rotatable bonds is 26. The van der Waals surface area contributed by atoms with Gasteiger partial charge in [-0.25, -0.2) is 4.63 Å². The van der Waals surface area contributed by atoms with Gasteiger partial charge in [-0.05, 0) is 144 Å².